The summed E-state index contributed by atoms with van der Waals surface area (Å²) in [6.07, 6.45) is 0. The molecule has 0 aliphatic rings. The van der Waals surface area contributed by atoms with Gasteiger partial charge < -0.3 is 67.4 Å². The third-order valence-corrected chi connectivity index (χ3v) is 0. The Balaban J connectivity index is -0.00000000762. The molecule has 0 atom stereocenters. The second-order valence-electron chi connectivity index (χ2n) is 0.990. The average molecular weight is 347 g/mol. The van der Waals surface area contributed by atoms with Crippen LogP contribution in [0.25, 0.3) is 0 Å². The molecular formula is H12B2F8O6Zn. The minimum absolute atomic E-state index is 0. The van der Waals surface area contributed by atoms with Gasteiger partial charge in [-0.05, 0) is 0 Å². The Bertz CT molecular complexity index is 71.0. The van der Waals surface area contributed by atoms with Gasteiger partial charge in [-0.25, -0.2) is 0 Å². The summed E-state index contributed by atoms with van der Waals surface area (Å²) < 4.78 is 78.0. The molecule has 6 nitrogen and oxygen atoms in total. The molecule has 17 heteroatoms. The third-order valence-electron chi connectivity index (χ3n) is 0. The van der Waals surface area contributed by atoms with Gasteiger partial charge in [0.2, 0.25) is 0 Å². The fraction of sp³-hybridized carbons (Fsp3) is 0. The van der Waals surface area contributed by atoms with Crippen LogP contribution in [-0.4, -0.2) is 47.4 Å². The summed E-state index contributed by atoms with van der Waals surface area (Å²) in [5.74, 6) is 0. The van der Waals surface area contributed by atoms with Gasteiger partial charge in [-0.2, -0.15) is 0 Å². The predicted octanol–water partition coefficient (Wildman–Crippen LogP) is -2.35. The summed E-state index contributed by atoms with van der Waals surface area (Å²) in [6.45, 7) is 0. The Hall–Kier alpha value is -0.0468. The smallest absolute Gasteiger partial charge is 0.418 e. The van der Waals surface area contributed by atoms with E-state index in [-0.39, 0.29) is 52.3 Å². The van der Waals surface area contributed by atoms with E-state index in [0.29, 0.717) is 0 Å². The molecule has 0 unspecified atom stereocenters. The largest absolute Gasteiger partial charge is 2.00 e. The molecule has 0 aliphatic carbocycles. The van der Waals surface area contributed by atoms with Crippen molar-refractivity contribution >= 4 is 14.5 Å². The molecule has 0 rings (SSSR count). The van der Waals surface area contributed by atoms with Gasteiger partial charge in [0.1, 0.15) is 0 Å². The normalized spacial score (nSPS) is 7.06. The number of halogens is 8. The van der Waals surface area contributed by atoms with Crippen LogP contribution in [0.5, 0.6) is 0 Å². The monoisotopic (exact) mass is 346 g/mol. The van der Waals surface area contributed by atoms with Crippen LogP contribution >= 0.6 is 0 Å². The Morgan fingerprint density at radius 3 is 0.353 bits per heavy atom. The molecule has 0 aromatic heterocycles. The minimum atomic E-state index is -6.00. The van der Waals surface area contributed by atoms with E-state index in [9.17, 15) is 34.5 Å². The maximum absolute atomic E-state index is 9.75. The predicted molar refractivity (Wildman–Crippen MR) is 42.1 cm³/mol. The van der Waals surface area contributed by atoms with Gasteiger partial charge in [0.25, 0.3) is 0 Å². The van der Waals surface area contributed by atoms with E-state index < -0.39 is 14.5 Å². The van der Waals surface area contributed by atoms with Crippen molar-refractivity contribution < 1.29 is 86.9 Å². The standard InChI is InChI=1S/2BF4.6H2O.Zn/c2*2-1(3,4)5;;;;;;;/h;;6*1H2;/q2*-1;;;;;;;+2. The van der Waals surface area contributed by atoms with E-state index in [1.165, 1.54) is 0 Å². The van der Waals surface area contributed by atoms with Crippen molar-refractivity contribution in [1.29, 1.82) is 0 Å². The quantitative estimate of drug-likeness (QED) is 0.335. The second kappa shape index (κ2) is 25.0. The molecule has 12 N–H and O–H groups in total. The van der Waals surface area contributed by atoms with Gasteiger partial charge in [-0.1, -0.05) is 0 Å². The van der Waals surface area contributed by atoms with E-state index in [4.69, 9.17) is 0 Å². The molecule has 0 aliphatic heterocycles. The Labute approximate surface area is 102 Å². The van der Waals surface area contributed by atoms with Gasteiger partial charge in [0.05, 0.1) is 0 Å². The van der Waals surface area contributed by atoms with Crippen LogP contribution in [-0.2, 0) is 19.5 Å². The zero-order valence-electron chi connectivity index (χ0n) is 7.89. The van der Waals surface area contributed by atoms with Crippen LogP contribution in [0.1, 0.15) is 0 Å². The van der Waals surface area contributed by atoms with Crippen LogP contribution in [0.2, 0.25) is 0 Å². The summed E-state index contributed by atoms with van der Waals surface area (Å²) in [6, 6.07) is 0. The van der Waals surface area contributed by atoms with E-state index in [2.05, 4.69) is 0 Å². The average Bonchev–Trinajstić information content (AvgIpc) is 1.12. The minimum Gasteiger partial charge on any atom is -0.418 e. The fourth-order valence-corrected chi connectivity index (χ4v) is 0. The summed E-state index contributed by atoms with van der Waals surface area (Å²) in [7, 11) is -12.0. The molecule has 0 radical (unpaired) electrons. The summed E-state index contributed by atoms with van der Waals surface area (Å²) >= 11 is 0. The Morgan fingerprint density at radius 1 is 0.353 bits per heavy atom. The van der Waals surface area contributed by atoms with Crippen molar-refractivity contribution in [3.05, 3.63) is 0 Å². The zero-order valence-corrected chi connectivity index (χ0v) is 10.9. The third kappa shape index (κ3) is 1420000. The van der Waals surface area contributed by atoms with Crippen molar-refractivity contribution in [3.8, 4) is 0 Å². The fourth-order valence-electron chi connectivity index (χ4n) is 0. The molecule has 0 saturated heterocycles. The van der Waals surface area contributed by atoms with Gasteiger partial charge in [-0.15, -0.1) is 0 Å². The summed E-state index contributed by atoms with van der Waals surface area (Å²) in [5, 5.41) is 0. The van der Waals surface area contributed by atoms with Crippen molar-refractivity contribution in [1.82, 2.24) is 0 Å². The molecule has 0 spiro atoms. The molecule has 0 heterocycles. The van der Waals surface area contributed by atoms with Crippen LogP contribution in [0.4, 0.5) is 34.5 Å². The zero-order chi connectivity index (χ0) is 9.00. The van der Waals surface area contributed by atoms with Crippen LogP contribution in [0.3, 0.4) is 0 Å². The van der Waals surface area contributed by atoms with E-state index in [1.54, 1.807) is 0 Å². The van der Waals surface area contributed by atoms with Gasteiger partial charge >= 0.3 is 34.0 Å². The van der Waals surface area contributed by atoms with Crippen molar-refractivity contribution in [3.63, 3.8) is 0 Å². The van der Waals surface area contributed by atoms with Gasteiger partial charge in [0.15, 0.2) is 0 Å². The van der Waals surface area contributed by atoms with Crippen molar-refractivity contribution in [2.45, 2.75) is 0 Å². The molecule has 0 bridgehead atoms. The van der Waals surface area contributed by atoms with Crippen molar-refractivity contribution in [2.24, 2.45) is 0 Å². The molecule has 0 fully saturated rings. The van der Waals surface area contributed by atoms with Gasteiger partial charge in [0, 0.05) is 0 Å². The number of rotatable bonds is 0. The molecule has 0 aromatic carbocycles. The maximum atomic E-state index is 9.75. The molecule has 0 amide bonds. The van der Waals surface area contributed by atoms with Crippen LogP contribution in [0, 0.1) is 0 Å². The Morgan fingerprint density at radius 2 is 0.353 bits per heavy atom. The molecule has 0 aromatic rings. The molecule has 112 valence electrons. The van der Waals surface area contributed by atoms with E-state index in [0.717, 1.165) is 0 Å². The first-order valence-electron chi connectivity index (χ1n) is 1.75. The molecular weight excluding hydrogens is 335 g/mol. The van der Waals surface area contributed by atoms with E-state index >= 15 is 0 Å². The first-order chi connectivity index (χ1) is 4.00. The first-order valence-corrected chi connectivity index (χ1v) is 1.75. The summed E-state index contributed by atoms with van der Waals surface area (Å²) in [4.78, 5) is 0. The van der Waals surface area contributed by atoms with Gasteiger partial charge in [-0.3, -0.25) is 0 Å². The molecule has 17 heavy (non-hydrogen) atoms. The second-order valence-corrected chi connectivity index (χ2v) is 0.990. The molecule has 0 saturated carbocycles. The van der Waals surface area contributed by atoms with Crippen molar-refractivity contribution in [2.75, 3.05) is 0 Å². The SMILES string of the molecule is F[B-](F)(F)F.F[B-](F)(F)F.O.O.O.O.O.O.[Zn+2]. The van der Waals surface area contributed by atoms with Crippen LogP contribution in [0.15, 0.2) is 0 Å². The van der Waals surface area contributed by atoms with Crippen LogP contribution < -0.4 is 0 Å². The maximum Gasteiger partial charge on any atom is 2.00 e. The van der Waals surface area contributed by atoms with E-state index in [1.807, 2.05) is 0 Å². The summed E-state index contributed by atoms with van der Waals surface area (Å²) in [5.41, 5.74) is 0. The first kappa shape index (κ1) is 68.2. The topological polar surface area (TPSA) is 189 Å². The number of hydrogen-bond donors (Lipinski definition) is 0. The Kier molecular flexibility index (Phi) is 100. The number of hydrogen-bond acceptors (Lipinski definition) is 0.